The summed E-state index contributed by atoms with van der Waals surface area (Å²) in [7, 11) is 0. The molecule has 0 radical (unpaired) electrons. The molecule has 0 bridgehead atoms. The van der Waals surface area contributed by atoms with Gasteiger partial charge >= 0.3 is 0 Å². The van der Waals surface area contributed by atoms with Gasteiger partial charge < -0.3 is 14.8 Å². The minimum atomic E-state index is -1.39. The molecule has 0 unspecified atom stereocenters. The average molecular weight is 299 g/mol. The Morgan fingerprint density at radius 2 is 2.18 bits per heavy atom. The summed E-state index contributed by atoms with van der Waals surface area (Å²) in [6, 6.07) is 5.17. The van der Waals surface area contributed by atoms with E-state index in [0.29, 0.717) is 18.5 Å². The Balaban J connectivity index is 1.79. The Bertz CT molecular complexity index is 663. The van der Waals surface area contributed by atoms with Gasteiger partial charge in [-0.2, -0.15) is 0 Å². The van der Waals surface area contributed by atoms with Crippen LogP contribution in [0.25, 0.3) is 0 Å². The summed E-state index contributed by atoms with van der Waals surface area (Å²) in [5, 5.41) is 18.3. The molecule has 0 saturated carbocycles. The van der Waals surface area contributed by atoms with Crippen LogP contribution in [-0.2, 0) is 6.54 Å². The number of aromatic nitrogens is 1. The van der Waals surface area contributed by atoms with E-state index in [1.54, 1.807) is 29.0 Å². The predicted octanol–water partition coefficient (Wildman–Crippen LogP) is 2.31. The molecule has 0 saturated heterocycles. The number of allylic oxidation sites excluding steroid dienone is 7. The van der Waals surface area contributed by atoms with Gasteiger partial charge in [0.15, 0.2) is 6.29 Å². The van der Waals surface area contributed by atoms with Crippen molar-refractivity contribution in [3.8, 4) is 0 Å². The molecule has 2 rings (SSSR count). The SMILES string of the molecule is O=c1ccccn1CCCC=CC1=CCC(C(O)O)=CC=C1. The van der Waals surface area contributed by atoms with Crippen molar-refractivity contribution in [3.05, 3.63) is 82.4 Å². The summed E-state index contributed by atoms with van der Waals surface area (Å²) in [6.45, 7) is 0.710. The molecule has 1 aliphatic carbocycles. The van der Waals surface area contributed by atoms with Crippen molar-refractivity contribution in [2.24, 2.45) is 0 Å². The van der Waals surface area contributed by atoms with Gasteiger partial charge in [0.2, 0.25) is 5.56 Å². The molecule has 0 amide bonds. The first kappa shape index (κ1) is 16.2. The van der Waals surface area contributed by atoms with Gasteiger partial charge in [0.05, 0.1) is 0 Å². The Morgan fingerprint density at radius 3 is 2.95 bits per heavy atom. The number of rotatable bonds is 6. The van der Waals surface area contributed by atoms with Crippen molar-refractivity contribution in [3.63, 3.8) is 0 Å². The van der Waals surface area contributed by atoms with Crippen LogP contribution >= 0.6 is 0 Å². The van der Waals surface area contributed by atoms with E-state index < -0.39 is 6.29 Å². The molecule has 116 valence electrons. The first-order valence-corrected chi connectivity index (χ1v) is 7.42. The van der Waals surface area contributed by atoms with Crippen LogP contribution in [0.15, 0.2) is 76.8 Å². The number of aryl methyl sites for hydroxylation is 1. The quantitative estimate of drug-likeness (QED) is 0.626. The van der Waals surface area contributed by atoms with E-state index in [2.05, 4.69) is 6.08 Å². The van der Waals surface area contributed by atoms with Crippen molar-refractivity contribution in [1.82, 2.24) is 4.57 Å². The second-order valence-corrected chi connectivity index (χ2v) is 5.16. The topological polar surface area (TPSA) is 62.5 Å². The van der Waals surface area contributed by atoms with E-state index in [9.17, 15) is 4.79 Å². The molecule has 4 nitrogen and oxygen atoms in total. The van der Waals surface area contributed by atoms with Gasteiger partial charge in [-0.3, -0.25) is 4.79 Å². The molecule has 0 aromatic carbocycles. The molecule has 1 aliphatic rings. The van der Waals surface area contributed by atoms with Crippen LogP contribution in [0, 0.1) is 0 Å². The normalized spacial score (nSPS) is 15.0. The Morgan fingerprint density at radius 1 is 1.32 bits per heavy atom. The van der Waals surface area contributed by atoms with Gasteiger partial charge in [0.1, 0.15) is 0 Å². The lowest BCUT2D eigenvalue weighted by molar-refractivity contribution is -0.00909. The molecular weight excluding hydrogens is 278 g/mol. The molecule has 0 aliphatic heterocycles. The van der Waals surface area contributed by atoms with Crippen LogP contribution in [-0.4, -0.2) is 21.1 Å². The lowest BCUT2D eigenvalue weighted by atomic mass is 10.1. The maximum absolute atomic E-state index is 11.5. The fourth-order valence-corrected chi connectivity index (χ4v) is 2.21. The first-order valence-electron chi connectivity index (χ1n) is 7.42. The summed E-state index contributed by atoms with van der Waals surface area (Å²) < 4.78 is 1.71. The molecule has 0 atom stereocenters. The highest BCUT2D eigenvalue weighted by Gasteiger charge is 2.05. The van der Waals surface area contributed by atoms with E-state index in [1.807, 2.05) is 30.4 Å². The smallest absolute Gasteiger partial charge is 0.250 e. The monoisotopic (exact) mass is 299 g/mol. The van der Waals surface area contributed by atoms with Gasteiger partial charge in [-0.05, 0) is 36.5 Å². The predicted molar refractivity (Wildman–Crippen MR) is 87.2 cm³/mol. The van der Waals surface area contributed by atoms with Crippen LogP contribution in [0.1, 0.15) is 19.3 Å². The third-order valence-electron chi connectivity index (χ3n) is 3.48. The average Bonchev–Trinajstić information content (AvgIpc) is 2.74. The fraction of sp³-hybridized carbons (Fsp3) is 0.278. The Labute approximate surface area is 130 Å². The number of unbranched alkanes of at least 4 members (excludes halogenated alkanes) is 1. The highest BCUT2D eigenvalue weighted by molar-refractivity contribution is 5.37. The van der Waals surface area contributed by atoms with E-state index in [-0.39, 0.29) is 5.56 Å². The zero-order valence-electron chi connectivity index (χ0n) is 12.4. The fourth-order valence-electron chi connectivity index (χ4n) is 2.21. The van der Waals surface area contributed by atoms with Crippen molar-refractivity contribution < 1.29 is 10.2 Å². The maximum Gasteiger partial charge on any atom is 0.250 e. The van der Waals surface area contributed by atoms with Gasteiger partial charge in [0.25, 0.3) is 0 Å². The molecule has 1 heterocycles. The minimum absolute atomic E-state index is 0.0297. The lowest BCUT2D eigenvalue weighted by Gasteiger charge is -2.04. The number of hydrogen-bond donors (Lipinski definition) is 2. The van der Waals surface area contributed by atoms with Gasteiger partial charge in [-0.15, -0.1) is 0 Å². The molecule has 0 fully saturated rings. The van der Waals surface area contributed by atoms with Crippen LogP contribution in [0.5, 0.6) is 0 Å². The van der Waals surface area contributed by atoms with Crippen molar-refractivity contribution in [1.29, 1.82) is 0 Å². The highest BCUT2D eigenvalue weighted by Crippen LogP contribution is 2.15. The molecule has 2 N–H and O–H groups in total. The molecular formula is C18H21NO3. The standard InChI is InChI=1S/C18H21NO3/c20-17-10-3-5-14-19(17)13-4-1-2-7-15-8-6-9-16(12-11-15)18(21)22/h2-3,5-11,14,18,21-22H,1,4,12-13H2. The number of nitrogens with zero attached hydrogens (tertiary/aromatic N) is 1. The Kier molecular flexibility index (Phi) is 6.13. The van der Waals surface area contributed by atoms with Crippen LogP contribution in [0.3, 0.4) is 0 Å². The maximum atomic E-state index is 11.5. The molecule has 4 heteroatoms. The summed E-state index contributed by atoms with van der Waals surface area (Å²) in [5.41, 5.74) is 1.66. The summed E-state index contributed by atoms with van der Waals surface area (Å²) >= 11 is 0. The third-order valence-corrected chi connectivity index (χ3v) is 3.48. The highest BCUT2D eigenvalue weighted by atomic mass is 16.5. The first-order chi connectivity index (χ1) is 10.7. The van der Waals surface area contributed by atoms with Gasteiger partial charge in [-0.1, -0.05) is 42.5 Å². The Hall–Kier alpha value is -2.17. The number of hydrogen-bond acceptors (Lipinski definition) is 3. The third kappa shape index (κ3) is 4.98. The van der Waals surface area contributed by atoms with Crippen LogP contribution < -0.4 is 5.56 Å². The molecule has 0 spiro atoms. The van der Waals surface area contributed by atoms with E-state index >= 15 is 0 Å². The number of aliphatic hydroxyl groups excluding tert-OH is 1. The summed E-state index contributed by atoms with van der Waals surface area (Å²) in [4.78, 5) is 11.5. The van der Waals surface area contributed by atoms with Crippen LogP contribution in [0.4, 0.5) is 0 Å². The molecule has 1 aromatic rings. The van der Waals surface area contributed by atoms with Crippen LogP contribution in [0.2, 0.25) is 0 Å². The van der Waals surface area contributed by atoms with Crippen molar-refractivity contribution in [2.75, 3.05) is 0 Å². The molecule has 1 aromatic heterocycles. The molecule has 22 heavy (non-hydrogen) atoms. The number of aliphatic hydroxyl groups is 2. The van der Waals surface area contributed by atoms with E-state index in [0.717, 1.165) is 18.4 Å². The number of pyridine rings is 1. The second kappa shape index (κ2) is 8.32. The van der Waals surface area contributed by atoms with Gasteiger partial charge in [0, 0.05) is 18.8 Å². The van der Waals surface area contributed by atoms with E-state index in [1.165, 1.54) is 0 Å². The van der Waals surface area contributed by atoms with E-state index in [4.69, 9.17) is 10.2 Å². The second-order valence-electron chi connectivity index (χ2n) is 5.16. The summed E-state index contributed by atoms with van der Waals surface area (Å²) in [5.74, 6) is 0. The largest absolute Gasteiger partial charge is 0.365 e. The zero-order chi connectivity index (χ0) is 15.8. The van der Waals surface area contributed by atoms with Crippen molar-refractivity contribution >= 4 is 0 Å². The minimum Gasteiger partial charge on any atom is -0.365 e. The zero-order valence-corrected chi connectivity index (χ0v) is 12.4. The van der Waals surface area contributed by atoms with Crippen molar-refractivity contribution in [2.45, 2.75) is 32.1 Å². The van der Waals surface area contributed by atoms with Gasteiger partial charge in [-0.25, -0.2) is 0 Å². The summed E-state index contributed by atoms with van der Waals surface area (Å²) in [6.07, 6.45) is 14.3. The lowest BCUT2D eigenvalue weighted by Crippen LogP contribution is -2.17.